The molecule has 2 unspecified atom stereocenters. The summed E-state index contributed by atoms with van der Waals surface area (Å²) in [4.78, 5) is 11.9. The fourth-order valence-corrected chi connectivity index (χ4v) is 2.16. The van der Waals surface area contributed by atoms with Crippen molar-refractivity contribution in [1.82, 2.24) is 5.32 Å². The normalized spacial score (nSPS) is 13.8. The van der Waals surface area contributed by atoms with E-state index in [0.29, 0.717) is 6.54 Å². The van der Waals surface area contributed by atoms with E-state index in [1.165, 1.54) is 5.56 Å². The van der Waals surface area contributed by atoms with Crippen molar-refractivity contribution < 1.29 is 4.79 Å². The third-order valence-corrected chi connectivity index (χ3v) is 3.62. The molecule has 0 bridgehead atoms. The minimum Gasteiger partial charge on any atom is -0.356 e. The van der Waals surface area contributed by atoms with Crippen LogP contribution in [0.5, 0.6) is 0 Å². The van der Waals surface area contributed by atoms with E-state index in [9.17, 15) is 4.79 Å². The Morgan fingerprint density at radius 1 is 1.25 bits per heavy atom. The number of hydrogen-bond acceptors (Lipinski definition) is 2. The molecule has 0 aliphatic rings. The maximum atomic E-state index is 11.9. The van der Waals surface area contributed by atoms with Crippen molar-refractivity contribution in [2.45, 2.75) is 45.6 Å². The molecule has 1 rings (SSSR count). The molecule has 0 spiro atoms. The molecule has 1 aromatic carbocycles. The van der Waals surface area contributed by atoms with Crippen LogP contribution in [0.1, 0.15) is 38.7 Å². The van der Waals surface area contributed by atoms with Crippen molar-refractivity contribution in [1.29, 1.82) is 0 Å². The lowest BCUT2D eigenvalue weighted by molar-refractivity contribution is -0.124. The Kier molecular flexibility index (Phi) is 7.63. The predicted octanol–water partition coefficient (Wildman–Crippen LogP) is 3.15. The highest BCUT2D eigenvalue weighted by Gasteiger charge is 2.12. The Hall–Kier alpha value is -1.06. The summed E-state index contributed by atoms with van der Waals surface area (Å²) in [5.41, 5.74) is 6.88. The number of halogens is 1. The second kappa shape index (κ2) is 8.98. The summed E-state index contributed by atoms with van der Waals surface area (Å²) in [5, 5.41) is 3.72. The summed E-state index contributed by atoms with van der Waals surface area (Å²) in [6.45, 7) is 4.63. The highest BCUT2D eigenvalue weighted by molar-refractivity contribution is 6.30. The maximum absolute atomic E-state index is 11.9. The SMILES string of the molecule is CC(N)CCCC(C)C(=O)NCCc1ccc(Cl)cc1. The van der Waals surface area contributed by atoms with Gasteiger partial charge in [-0.05, 0) is 43.9 Å². The maximum Gasteiger partial charge on any atom is 0.222 e. The molecule has 0 aliphatic heterocycles. The highest BCUT2D eigenvalue weighted by Crippen LogP contribution is 2.11. The first-order chi connectivity index (χ1) is 9.49. The van der Waals surface area contributed by atoms with Gasteiger partial charge in [0, 0.05) is 23.5 Å². The first-order valence-corrected chi connectivity index (χ1v) is 7.64. The van der Waals surface area contributed by atoms with Crippen LogP contribution in [-0.4, -0.2) is 18.5 Å². The van der Waals surface area contributed by atoms with Crippen molar-refractivity contribution >= 4 is 17.5 Å². The van der Waals surface area contributed by atoms with Crippen molar-refractivity contribution in [3.63, 3.8) is 0 Å². The molecule has 1 aromatic rings. The van der Waals surface area contributed by atoms with Crippen molar-refractivity contribution in [2.24, 2.45) is 11.7 Å². The number of carbonyl (C=O) groups excluding carboxylic acids is 1. The molecular weight excluding hydrogens is 272 g/mol. The molecule has 4 heteroatoms. The first-order valence-electron chi connectivity index (χ1n) is 7.26. The third kappa shape index (κ3) is 6.92. The van der Waals surface area contributed by atoms with Gasteiger partial charge >= 0.3 is 0 Å². The Bertz CT molecular complexity index is 403. The fourth-order valence-electron chi connectivity index (χ4n) is 2.03. The number of nitrogens with one attached hydrogen (secondary N) is 1. The van der Waals surface area contributed by atoms with Gasteiger partial charge in [0.2, 0.25) is 5.91 Å². The average Bonchev–Trinajstić information content (AvgIpc) is 2.40. The van der Waals surface area contributed by atoms with E-state index in [4.69, 9.17) is 17.3 Å². The standard InChI is InChI=1S/C16H25ClN2O/c1-12(4-3-5-13(2)18)16(20)19-11-10-14-6-8-15(17)9-7-14/h6-9,12-13H,3-5,10-11,18H2,1-2H3,(H,19,20). The zero-order chi connectivity index (χ0) is 15.0. The van der Waals surface area contributed by atoms with Gasteiger partial charge in [-0.3, -0.25) is 4.79 Å². The average molecular weight is 297 g/mol. The molecule has 0 saturated carbocycles. The van der Waals surface area contributed by atoms with E-state index >= 15 is 0 Å². The molecule has 0 saturated heterocycles. The summed E-state index contributed by atoms with van der Waals surface area (Å²) < 4.78 is 0. The van der Waals surface area contributed by atoms with E-state index in [1.54, 1.807) is 0 Å². The lowest BCUT2D eigenvalue weighted by Gasteiger charge is -2.13. The lowest BCUT2D eigenvalue weighted by Crippen LogP contribution is -2.31. The van der Waals surface area contributed by atoms with Gasteiger partial charge in [0.05, 0.1) is 0 Å². The van der Waals surface area contributed by atoms with Crippen LogP contribution in [0.4, 0.5) is 0 Å². The molecule has 3 N–H and O–H groups in total. The smallest absolute Gasteiger partial charge is 0.222 e. The van der Waals surface area contributed by atoms with Crippen molar-refractivity contribution in [2.75, 3.05) is 6.54 Å². The number of nitrogens with two attached hydrogens (primary N) is 1. The van der Waals surface area contributed by atoms with Gasteiger partial charge in [0.1, 0.15) is 0 Å². The first kappa shape index (κ1) is 17.0. The van der Waals surface area contributed by atoms with E-state index in [-0.39, 0.29) is 17.9 Å². The summed E-state index contributed by atoms with van der Waals surface area (Å²) in [6, 6.07) is 7.93. The van der Waals surface area contributed by atoms with Gasteiger partial charge in [-0.2, -0.15) is 0 Å². The number of amides is 1. The fraction of sp³-hybridized carbons (Fsp3) is 0.562. The van der Waals surface area contributed by atoms with Crippen LogP contribution in [0.25, 0.3) is 0 Å². The van der Waals surface area contributed by atoms with Gasteiger partial charge in [0.25, 0.3) is 0 Å². The van der Waals surface area contributed by atoms with Crippen LogP contribution in [0.2, 0.25) is 5.02 Å². The zero-order valence-corrected chi connectivity index (χ0v) is 13.1. The van der Waals surface area contributed by atoms with Gasteiger partial charge in [0.15, 0.2) is 0 Å². The molecule has 1 amide bonds. The second-order valence-electron chi connectivity index (χ2n) is 5.48. The van der Waals surface area contributed by atoms with Gasteiger partial charge in [-0.1, -0.05) is 37.1 Å². The highest BCUT2D eigenvalue weighted by atomic mass is 35.5. The number of rotatable bonds is 8. The Morgan fingerprint density at radius 3 is 2.50 bits per heavy atom. The number of benzene rings is 1. The monoisotopic (exact) mass is 296 g/mol. The molecule has 0 fully saturated rings. The van der Waals surface area contributed by atoms with E-state index < -0.39 is 0 Å². The molecule has 3 nitrogen and oxygen atoms in total. The van der Waals surface area contributed by atoms with Crippen LogP contribution in [0.3, 0.4) is 0 Å². The van der Waals surface area contributed by atoms with Crippen molar-refractivity contribution in [3.05, 3.63) is 34.9 Å². The van der Waals surface area contributed by atoms with Gasteiger partial charge in [-0.15, -0.1) is 0 Å². The third-order valence-electron chi connectivity index (χ3n) is 3.37. The van der Waals surface area contributed by atoms with E-state index in [0.717, 1.165) is 30.7 Å². The van der Waals surface area contributed by atoms with Crippen LogP contribution < -0.4 is 11.1 Å². The summed E-state index contributed by atoms with van der Waals surface area (Å²) in [7, 11) is 0. The van der Waals surface area contributed by atoms with Crippen LogP contribution in [0.15, 0.2) is 24.3 Å². The molecular formula is C16H25ClN2O. The molecule has 0 aromatic heterocycles. The minimum absolute atomic E-state index is 0.0546. The summed E-state index contributed by atoms with van der Waals surface area (Å²) >= 11 is 5.83. The Labute approximate surface area is 126 Å². The zero-order valence-electron chi connectivity index (χ0n) is 12.4. The van der Waals surface area contributed by atoms with Crippen molar-refractivity contribution in [3.8, 4) is 0 Å². The molecule has 112 valence electrons. The molecule has 2 atom stereocenters. The second-order valence-corrected chi connectivity index (χ2v) is 5.91. The lowest BCUT2D eigenvalue weighted by atomic mass is 10.0. The van der Waals surface area contributed by atoms with Crippen LogP contribution in [-0.2, 0) is 11.2 Å². The molecule has 0 radical (unpaired) electrons. The quantitative estimate of drug-likeness (QED) is 0.774. The van der Waals surface area contributed by atoms with Gasteiger partial charge < -0.3 is 11.1 Å². The summed E-state index contributed by atoms with van der Waals surface area (Å²) in [6.07, 6.45) is 3.70. The molecule has 0 heterocycles. The Balaban J connectivity index is 2.20. The molecule has 0 aliphatic carbocycles. The molecule has 20 heavy (non-hydrogen) atoms. The van der Waals surface area contributed by atoms with E-state index in [2.05, 4.69) is 5.32 Å². The predicted molar refractivity (Wildman–Crippen MR) is 84.8 cm³/mol. The number of carbonyl (C=O) groups is 1. The van der Waals surface area contributed by atoms with Crippen LogP contribution in [0, 0.1) is 5.92 Å². The van der Waals surface area contributed by atoms with Gasteiger partial charge in [-0.25, -0.2) is 0 Å². The van der Waals surface area contributed by atoms with Crippen LogP contribution >= 0.6 is 11.6 Å². The minimum atomic E-state index is 0.0546. The topological polar surface area (TPSA) is 55.1 Å². The summed E-state index contributed by atoms with van der Waals surface area (Å²) in [5.74, 6) is 0.183. The van der Waals surface area contributed by atoms with E-state index in [1.807, 2.05) is 38.1 Å². The Morgan fingerprint density at radius 2 is 1.90 bits per heavy atom. The largest absolute Gasteiger partial charge is 0.356 e. The number of hydrogen-bond donors (Lipinski definition) is 2.